The van der Waals surface area contributed by atoms with Gasteiger partial charge in [-0.05, 0) is 12.8 Å². The lowest BCUT2D eigenvalue weighted by atomic mass is 9.95. The van der Waals surface area contributed by atoms with Crippen LogP contribution in [0.1, 0.15) is 43.8 Å². The molecule has 0 amide bonds. The molecule has 1 N–H and O–H groups in total. The van der Waals surface area contributed by atoms with Gasteiger partial charge in [0.05, 0.1) is 6.04 Å². The Labute approximate surface area is 82.1 Å². The Balaban J connectivity index is 2.30. The van der Waals surface area contributed by atoms with Crippen LogP contribution in [0.25, 0.3) is 0 Å². The first kappa shape index (κ1) is 9.07. The van der Waals surface area contributed by atoms with E-state index >= 15 is 0 Å². The van der Waals surface area contributed by atoms with E-state index < -0.39 is 0 Å². The molecule has 1 aliphatic rings. The summed E-state index contributed by atoms with van der Waals surface area (Å²) in [5.41, 5.74) is 0.286. The van der Waals surface area contributed by atoms with Crippen molar-refractivity contribution in [3.05, 3.63) is 22.1 Å². The van der Waals surface area contributed by atoms with Crippen molar-refractivity contribution in [2.75, 3.05) is 0 Å². The SMILES string of the molecule is N#Cc1cc(=O)[nH]n1C1CCCCC1. The van der Waals surface area contributed by atoms with Crippen LogP contribution >= 0.6 is 0 Å². The zero-order chi connectivity index (χ0) is 9.97. The van der Waals surface area contributed by atoms with Crippen molar-refractivity contribution in [3.8, 4) is 6.07 Å². The maximum Gasteiger partial charge on any atom is 0.265 e. The molecular formula is C10H13N3O. The lowest BCUT2D eigenvalue weighted by Crippen LogP contribution is -2.17. The highest BCUT2D eigenvalue weighted by atomic mass is 16.1. The predicted octanol–water partition coefficient (Wildman–Crippen LogP) is 1.55. The van der Waals surface area contributed by atoms with Crippen molar-refractivity contribution in [1.29, 1.82) is 5.26 Å². The molecule has 1 heterocycles. The maximum absolute atomic E-state index is 11.1. The molecule has 4 heteroatoms. The number of hydrogen-bond acceptors (Lipinski definition) is 2. The minimum absolute atomic E-state index is 0.174. The topological polar surface area (TPSA) is 61.6 Å². The highest BCUT2D eigenvalue weighted by Gasteiger charge is 2.18. The van der Waals surface area contributed by atoms with Crippen LogP contribution in [0.2, 0.25) is 0 Å². The molecule has 0 saturated heterocycles. The molecule has 0 aromatic carbocycles. The Morgan fingerprint density at radius 1 is 1.43 bits per heavy atom. The van der Waals surface area contributed by atoms with Gasteiger partial charge in [0.1, 0.15) is 11.8 Å². The molecule has 0 unspecified atom stereocenters. The molecule has 0 spiro atoms. The van der Waals surface area contributed by atoms with Gasteiger partial charge in [0.25, 0.3) is 5.56 Å². The molecule has 0 bridgehead atoms. The second kappa shape index (κ2) is 3.70. The third-order valence-electron chi connectivity index (χ3n) is 2.81. The van der Waals surface area contributed by atoms with Crippen molar-refractivity contribution in [1.82, 2.24) is 9.78 Å². The van der Waals surface area contributed by atoms with E-state index in [1.165, 1.54) is 25.3 Å². The van der Waals surface area contributed by atoms with E-state index in [-0.39, 0.29) is 5.56 Å². The van der Waals surface area contributed by atoms with Crippen molar-refractivity contribution in [3.63, 3.8) is 0 Å². The Morgan fingerprint density at radius 3 is 2.79 bits per heavy atom. The smallest absolute Gasteiger partial charge is 0.265 e. The number of rotatable bonds is 1. The van der Waals surface area contributed by atoms with Crippen LogP contribution < -0.4 is 5.56 Å². The summed E-state index contributed by atoms with van der Waals surface area (Å²) in [4.78, 5) is 11.1. The van der Waals surface area contributed by atoms with E-state index in [1.807, 2.05) is 6.07 Å². The van der Waals surface area contributed by atoms with Gasteiger partial charge in [-0.2, -0.15) is 5.26 Å². The van der Waals surface area contributed by atoms with E-state index in [1.54, 1.807) is 4.68 Å². The quantitative estimate of drug-likeness (QED) is 0.732. The van der Waals surface area contributed by atoms with Crippen molar-refractivity contribution >= 4 is 0 Å². The minimum atomic E-state index is -0.174. The summed E-state index contributed by atoms with van der Waals surface area (Å²) in [6.07, 6.45) is 5.79. The third kappa shape index (κ3) is 1.58. The van der Waals surface area contributed by atoms with Crippen LogP contribution in [0.5, 0.6) is 0 Å². The number of nitrogens with one attached hydrogen (secondary N) is 1. The normalized spacial score (nSPS) is 17.9. The molecule has 4 nitrogen and oxygen atoms in total. The number of hydrogen-bond donors (Lipinski definition) is 1. The number of nitrogens with zero attached hydrogens (tertiary/aromatic N) is 2. The Kier molecular flexibility index (Phi) is 2.40. The largest absolute Gasteiger partial charge is 0.272 e. The molecule has 1 saturated carbocycles. The molecule has 1 aromatic rings. The summed E-state index contributed by atoms with van der Waals surface area (Å²) < 4.78 is 1.74. The van der Waals surface area contributed by atoms with Gasteiger partial charge in [0.2, 0.25) is 0 Å². The minimum Gasteiger partial charge on any atom is -0.272 e. The first-order chi connectivity index (χ1) is 6.81. The highest BCUT2D eigenvalue weighted by Crippen LogP contribution is 2.27. The highest BCUT2D eigenvalue weighted by molar-refractivity contribution is 5.19. The maximum atomic E-state index is 11.1. The average Bonchev–Trinajstić information content (AvgIpc) is 2.61. The third-order valence-corrected chi connectivity index (χ3v) is 2.81. The van der Waals surface area contributed by atoms with Crippen LogP contribution in [0.4, 0.5) is 0 Å². The van der Waals surface area contributed by atoms with Crippen molar-refractivity contribution in [2.45, 2.75) is 38.1 Å². The van der Waals surface area contributed by atoms with E-state index in [0.29, 0.717) is 11.7 Å². The lowest BCUT2D eigenvalue weighted by molar-refractivity contribution is 0.326. The van der Waals surface area contributed by atoms with Gasteiger partial charge in [0.15, 0.2) is 0 Å². The summed E-state index contributed by atoms with van der Waals surface area (Å²) in [7, 11) is 0. The summed E-state index contributed by atoms with van der Waals surface area (Å²) in [5, 5.41) is 11.5. The Hall–Kier alpha value is -1.50. The van der Waals surface area contributed by atoms with Crippen LogP contribution in [-0.2, 0) is 0 Å². The summed E-state index contributed by atoms with van der Waals surface area (Å²) in [5.74, 6) is 0. The Morgan fingerprint density at radius 2 is 2.14 bits per heavy atom. The van der Waals surface area contributed by atoms with Gasteiger partial charge in [-0.15, -0.1) is 0 Å². The van der Waals surface area contributed by atoms with Crippen molar-refractivity contribution < 1.29 is 0 Å². The molecule has 0 radical (unpaired) electrons. The fourth-order valence-corrected chi connectivity index (χ4v) is 2.12. The zero-order valence-corrected chi connectivity index (χ0v) is 7.99. The molecule has 2 rings (SSSR count). The lowest BCUT2D eigenvalue weighted by Gasteiger charge is -2.23. The molecule has 1 aliphatic carbocycles. The van der Waals surface area contributed by atoms with E-state index in [2.05, 4.69) is 5.10 Å². The second-order valence-corrected chi connectivity index (χ2v) is 3.78. The molecule has 74 valence electrons. The number of nitriles is 1. The molecular weight excluding hydrogens is 178 g/mol. The van der Waals surface area contributed by atoms with Gasteiger partial charge in [-0.3, -0.25) is 14.6 Å². The van der Waals surface area contributed by atoms with E-state index in [4.69, 9.17) is 5.26 Å². The fourth-order valence-electron chi connectivity index (χ4n) is 2.12. The van der Waals surface area contributed by atoms with Gasteiger partial charge in [-0.25, -0.2) is 0 Å². The van der Waals surface area contributed by atoms with E-state index in [0.717, 1.165) is 12.8 Å². The summed E-state index contributed by atoms with van der Waals surface area (Å²) >= 11 is 0. The zero-order valence-electron chi connectivity index (χ0n) is 7.99. The standard InChI is InChI=1S/C10H13N3O/c11-7-9-6-10(14)12-13(9)8-4-2-1-3-5-8/h6,8H,1-5H2,(H,12,14). The monoisotopic (exact) mass is 191 g/mol. The molecule has 0 aliphatic heterocycles. The number of H-pyrrole nitrogens is 1. The molecule has 14 heavy (non-hydrogen) atoms. The molecule has 1 fully saturated rings. The Bertz CT molecular complexity index is 404. The van der Waals surface area contributed by atoms with Crippen LogP contribution in [-0.4, -0.2) is 9.78 Å². The van der Waals surface area contributed by atoms with Crippen molar-refractivity contribution in [2.24, 2.45) is 0 Å². The first-order valence-corrected chi connectivity index (χ1v) is 5.03. The fraction of sp³-hybridized carbons (Fsp3) is 0.600. The predicted molar refractivity (Wildman–Crippen MR) is 51.9 cm³/mol. The average molecular weight is 191 g/mol. The van der Waals surface area contributed by atoms with Gasteiger partial charge in [-0.1, -0.05) is 19.3 Å². The van der Waals surface area contributed by atoms with Gasteiger partial charge >= 0.3 is 0 Å². The van der Waals surface area contributed by atoms with Crippen LogP contribution in [0.15, 0.2) is 10.9 Å². The second-order valence-electron chi connectivity index (χ2n) is 3.78. The first-order valence-electron chi connectivity index (χ1n) is 5.03. The summed E-state index contributed by atoms with van der Waals surface area (Å²) in [6, 6.07) is 3.74. The number of aromatic amines is 1. The number of aromatic nitrogens is 2. The van der Waals surface area contributed by atoms with Gasteiger partial charge in [0, 0.05) is 6.07 Å². The summed E-state index contributed by atoms with van der Waals surface area (Å²) in [6.45, 7) is 0. The van der Waals surface area contributed by atoms with Gasteiger partial charge < -0.3 is 0 Å². The van der Waals surface area contributed by atoms with Crippen LogP contribution in [0.3, 0.4) is 0 Å². The van der Waals surface area contributed by atoms with E-state index in [9.17, 15) is 4.79 Å². The molecule has 0 atom stereocenters. The van der Waals surface area contributed by atoms with Crippen LogP contribution in [0, 0.1) is 11.3 Å². The molecule has 1 aromatic heterocycles.